The van der Waals surface area contributed by atoms with Gasteiger partial charge in [0, 0.05) is 38.1 Å². The van der Waals surface area contributed by atoms with Crippen LogP contribution in [0, 0.1) is 0 Å². The number of benzene rings is 2. The van der Waals surface area contributed by atoms with E-state index in [1.165, 1.54) is 4.90 Å². The van der Waals surface area contributed by atoms with Gasteiger partial charge in [0.05, 0.1) is 10.7 Å². The first kappa shape index (κ1) is 20.5. The summed E-state index contributed by atoms with van der Waals surface area (Å²) in [5, 5.41) is 11.2. The first-order valence-electron chi connectivity index (χ1n) is 9.13. The second-order valence-electron chi connectivity index (χ2n) is 6.66. The molecule has 0 saturated carbocycles. The first-order chi connectivity index (χ1) is 13.9. The zero-order valence-electron chi connectivity index (χ0n) is 16.2. The van der Waals surface area contributed by atoms with Crippen molar-refractivity contribution in [1.82, 2.24) is 15.1 Å². The number of rotatable bonds is 7. The Morgan fingerprint density at radius 2 is 1.86 bits per heavy atom. The lowest BCUT2D eigenvalue weighted by molar-refractivity contribution is -0.116. The van der Waals surface area contributed by atoms with Gasteiger partial charge < -0.3 is 14.6 Å². The van der Waals surface area contributed by atoms with Crippen molar-refractivity contribution in [3.8, 4) is 11.5 Å². The zero-order chi connectivity index (χ0) is 20.8. The van der Waals surface area contributed by atoms with Crippen molar-refractivity contribution in [1.29, 1.82) is 0 Å². The van der Waals surface area contributed by atoms with Crippen LogP contribution < -0.4 is 5.32 Å². The van der Waals surface area contributed by atoms with Crippen molar-refractivity contribution in [3.05, 3.63) is 65.0 Å². The predicted octanol–water partition coefficient (Wildman–Crippen LogP) is 4.05. The minimum absolute atomic E-state index is 0.164. The zero-order valence-corrected chi connectivity index (χ0v) is 16.9. The number of hydrogen-bond donors (Lipinski definition) is 1. The van der Waals surface area contributed by atoms with Crippen molar-refractivity contribution >= 4 is 29.1 Å². The van der Waals surface area contributed by atoms with Crippen LogP contribution in [-0.2, 0) is 11.2 Å². The first-order valence-corrected chi connectivity index (χ1v) is 9.50. The van der Waals surface area contributed by atoms with Crippen LogP contribution in [0.3, 0.4) is 0 Å². The molecule has 29 heavy (non-hydrogen) atoms. The normalized spacial score (nSPS) is 10.6. The van der Waals surface area contributed by atoms with Crippen LogP contribution in [0.1, 0.15) is 29.1 Å². The van der Waals surface area contributed by atoms with Crippen molar-refractivity contribution < 1.29 is 14.0 Å². The predicted molar refractivity (Wildman–Crippen MR) is 111 cm³/mol. The fourth-order valence-electron chi connectivity index (χ4n) is 2.68. The molecule has 0 fully saturated rings. The average molecular weight is 413 g/mol. The van der Waals surface area contributed by atoms with Crippen LogP contribution in [0.25, 0.3) is 11.5 Å². The van der Waals surface area contributed by atoms with Gasteiger partial charge in [0.25, 0.3) is 5.91 Å². The Morgan fingerprint density at radius 1 is 1.10 bits per heavy atom. The number of aryl methyl sites for hydroxylation is 1. The maximum atomic E-state index is 12.3. The van der Waals surface area contributed by atoms with Crippen molar-refractivity contribution in [2.75, 3.05) is 19.4 Å². The number of anilines is 1. The Kier molecular flexibility index (Phi) is 6.61. The van der Waals surface area contributed by atoms with Gasteiger partial charge in [0.1, 0.15) is 0 Å². The Morgan fingerprint density at radius 3 is 2.59 bits per heavy atom. The smallest absolute Gasteiger partial charge is 0.253 e. The lowest BCUT2D eigenvalue weighted by atomic mass is 10.1. The van der Waals surface area contributed by atoms with Gasteiger partial charge in [-0.15, -0.1) is 10.2 Å². The van der Waals surface area contributed by atoms with E-state index in [4.69, 9.17) is 16.0 Å². The van der Waals surface area contributed by atoms with E-state index in [0.29, 0.717) is 40.9 Å². The van der Waals surface area contributed by atoms with Gasteiger partial charge in [-0.25, -0.2) is 0 Å². The third-order valence-electron chi connectivity index (χ3n) is 4.18. The maximum Gasteiger partial charge on any atom is 0.253 e. The molecule has 0 saturated heterocycles. The number of hydrogen-bond acceptors (Lipinski definition) is 5. The highest BCUT2D eigenvalue weighted by Crippen LogP contribution is 2.24. The highest BCUT2D eigenvalue weighted by atomic mass is 35.5. The summed E-state index contributed by atoms with van der Waals surface area (Å²) in [7, 11) is 3.33. The molecule has 1 heterocycles. The lowest BCUT2D eigenvalue weighted by Gasteiger charge is -2.13. The Balaban J connectivity index is 1.54. The van der Waals surface area contributed by atoms with E-state index in [2.05, 4.69) is 15.5 Å². The molecule has 0 spiro atoms. The van der Waals surface area contributed by atoms with E-state index in [-0.39, 0.29) is 18.2 Å². The third-order valence-corrected chi connectivity index (χ3v) is 4.51. The monoisotopic (exact) mass is 412 g/mol. The van der Waals surface area contributed by atoms with Crippen LogP contribution in [0.15, 0.2) is 52.9 Å². The SMILES string of the molecule is CN(C)C(=O)c1ccc(Cl)c(NC(=O)CCCc2nnc(-c3ccccc3)o2)c1. The summed E-state index contributed by atoms with van der Waals surface area (Å²) < 4.78 is 5.64. The summed E-state index contributed by atoms with van der Waals surface area (Å²) in [6.45, 7) is 0. The fourth-order valence-corrected chi connectivity index (χ4v) is 2.84. The topological polar surface area (TPSA) is 88.3 Å². The Bertz CT molecular complexity index is 1000. The number of aromatic nitrogens is 2. The Hall–Kier alpha value is -3.19. The van der Waals surface area contributed by atoms with Crippen molar-refractivity contribution in [3.63, 3.8) is 0 Å². The summed E-state index contributed by atoms with van der Waals surface area (Å²) >= 11 is 6.14. The molecule has 3 aromatic rings. The molecule has 150 valence electrons. The highest BCUT2D eigenvalue weighted by Gasteiger charge is 2.13. The minimum Gasteiger partial charge on any atom is -0.421 e. The van der Waals surface area contributed by atoms with E-state index >= 15 is 0 Å². The average Bonchev–Trinajstić information content (AvgIpc) is 3.18. The van der Waals surface area contributed by atoms with Crippen LogP contribution in [-0.4, -0.2) is 41.0 Å². The second kappa shape index (κ2) is 9.34. The number of amides is 2. The molecule has 8 heteroatoms. The Labute approximate surface area is 173 Å². The van der Waals surface area contributed by atoms with Crippen LogP contribution in [0.4, 0.5) is 5.69 Å². The van der Waals surface area contributed by atoms with E-state index in [9.17, 15) is 9.59 Å². The molecule has 2 aromatic carbocycles. The van der Waals surface area contributed by atoms with E-state index in [1.54, 1.807) is 32.3 Å². The number of carbonyl (C=O) groups excluding carboxylic acids is 2. The fraction of sp³-hybridized carbons (Fsp3) is 0.238. The number of carbonyl (C=O) groups is 2. The van der Waals surface area contributed by atoms with Gasteiger partial charge >= 0.3 is 0 Å². The molecule has 1 N–H and O–H groups in total. The standard InChI is InChI=1S/C21H21ClN4O3/c1-26(2)21(28)15-11-12-16(22)17(13-15)23-18(27)9-6-10-19-24-25-20(29-19)14-7-4-3-5-8-14/h3-5,7-8,11-13H,6,9-10H2,1-2H3,(H,23,27). The summed E-state index contributed by atoms with van der Waals surface area (Å²) in [5.74, 6) is 0.569. The second-order valence-corrected chi connectivity index (χ2v) is 7.07. The molecular weight excluding hydrogens is 392 g/mol. The molecule has 0 bridgehead atoms. The molecule has 3 rings (SSSR count). The molecule has 0 unspecified atom stereocenters. The van der Waals surface area contributed by atoms with E-state index in [0.717, 1.165) is 5.56 Å². The molecule has 0 aliphatic rings. The summed E-state index contributed by atoms with van der Waals surface area (Å²) in [6.07, 6.45) is 1.28. The minimum atomic E-state index is -0.204. The van der Waals surface area contributed by atoms with Crippen LogP contribution in [0.2, 0.25) is 5.02 Å². The third kappa shape index (κ3) is 5.42. The van der Waals surface area contributed by atoms with Gasteiger partial charge in [-0.05, 0) is 36.8 Å². The summed E-state index contributed by atoms with van der Waals surface area (Å²) in [5.41, 5.74) is 1.72. The number of nitrogens with zero attached hydrogens (tertiary/aromatic N) is 3. The van der Waals surface area contributed by atoms with Gasteiger partial charge in [0.2, 0.25) is 17.7 Å². The summed E-state index contributed by atoms with van der Waals surface area (Å²) in [6, 6.07) is 14.3. The van der Waals surface area contributed by atoms with Gasteiger partial charge in [-0.2, -0.15) is 0 Å². The number of halogens is 1. The molecule has 0 atom stereocenters. The van der Waals surface area contributed by atoms with Gasteiger partial charge in [-0.3, -0.25) is 9.59 Å². The quantitative estimate of drug-likeness (QED) is 0.632. The van der Waals surface area contributed by atoms with Gasteiger partial charge in [-0.1, -0.05) is 29.8 Å². The molecule has 0 aliphatic carbocycles. The largest absolute Gasteiger partial charge is 0.421 e. The molecule has 0 radical (unpaired) electrons. The molecule has 7 nitrogen and oxygen atoms in total. The van der Waals surface area contributed by atoms with Crippen LogP contribution >= 0.6 is 11.6 Å². The molecule has 2 amide bonds. The van der Waals surface area contributed by atoms with Gasteiger partial charge in [0.15, 0.2) is 0 Å². The van der Waals surface area contributed by atoms with Crippen LogP contribution in [0.5, 0.6) is 0 Å². The van der Waals surface area contributed by atoms with Crippen molar-refractivity contribution in [2.45, 2.75) is 19.3 Å². The van der Waals surface area contributed by atoms with Crippen molar-refractivity contribution in [2.24, 2.45) is 0 Å². The maximum absolute atomic E-state index is 12.3. The molecule has 0 aliphatic heterocycles. The number of nitrogens with one attached hydrogen (secondary N) is 1. The molecule has 1 aromatic heterocycles. The summed E-state index contributed by atoms with van der Waals surface area (Å²) in [4.78, 5) is 25.8. The molecular formula is C21H21ClN4O3. The van der Waals surface area contributed by atoms with E-state index < -0.39 is 0 Å². The lowest BCUT2D eigenvalue weighted by Crippen LogP contribution is -2.22. The van der Waals surface area contributed by atoms with E-state index in [1.807, 2.05) is 30.3 Å². The highest BCUT2D eigenvalue weighted by molar-refractivity contribution is 6.33.